The molecule has 2 aliphatic rings. The first-order valence-electron chi connectivity index (χ1n) is 11.9. The Kier molecular flexibility index (Phi) is 8.87. The molecule has 2 aromatic carbocycles. The van der Waals surface area contributed by atoms with E-state index in [9.17, 15) is 18.3 Å². The summed E-state index contributed by atoms with van der Waals surface area (Å²) in [6, 6.07) is 12.5. The number of nitrogens with zero attached hydrogens (tertiary/aromatic N) is 2. The number of likely N-dealkylation sites (tertiary alicyclic amines) is 1. The van der Waals surface area contributed by atoms with Crippen molar-refractivity contribution in [3.8, 4) is 0 Å². The molecular weight excluding hydrogens is 547 g/mol. The third kappa shape index (κ3) is 6.54. The van der Waals surface area contributed by atoms with Crippen LogP contribution in [0.3, 0.4) is 0 Å². The predicted molar refractivity (Wildman–Crippen MR) is 140 cm³/mol. The summed E-state index contributed by atoms with van der Waals surface area (Å²) in [5, 5.41) is 11.1. The minimum Gasteiger partial charge on any atom is -0.389 e. The molecule has 2 aliphatic heterocycles. The van der Waals surface area contributed by atoms with Crippen LogP contribution in [0.2, 0.25) is 15.1 Å². The molecule has 2 saturated heterocycles. The van der Waals surface area contributed by atoms with Crippen molar-refractivity contribution in [1.29, 1.82) is 0 Å². The molecule has 1 N–H and O–H groups in total. The van der Waals surface area contributed by atoms with Gasteiger partial charge in [-0.05, 0) is 43.4 Å². The van der Waals surface area contributed by atoms with Crippen LogP contribution in [0, 0.1) is 0 Å². The predicted octanol–water partition coefficient (Wildman–Crippen LogP) is 4.41. The third-order valence-electron chi connectivity index (χ3n) is 6.77. The van der Waals surface area contributed by atoms with Crippen molar-refractivity contribution in [2.24, 2.45) is 0 Å². The first kappa shape index (κ1) is 27.6. The van der Waals surface area contributed by atoms with Gasteiger partial charge in [-0.1, -0.05) is 65.1 Å². The highest BCUT2D eigenvalue weighted by atomic mass is 35.5. The van der Waals surface area contributed by atoms with Crippen LogP contribution >= 0.6 is 34.8 Å². The van der Waals surface area contributed by atoms with Crippen LogP contribution < -0.4 is 0 Å². The zero-order valence-electron chi connectivity index (χ0n) is 19.7. The van der Waals surface area contributed by atoms with Gasteiger partial charge in [0.1, 0.15) is 11.5 Å². The summed E-state index contributed by atoms with van der Waals surface area (Å²) >= 11 is 18.2. The maximum Gasteiger partial charge on any atom is 0.248 e. The Morgan fingerprint density at radius 3 is 2.33 bits per heavy atom. The fraction of sp³-hybridized carbons (Fsp3) is 0.480. The zero-order chi connectivity index (χ0) is 25.9. The molecule has 0 radical (unpaired) electrons. The molecule has 2 aromatic rings. The average molecular weight is 576 g/mol. The van der Waals surface area contributed by atoms with Crippen LogP contribution in [0.15, 0.2) is 47.4 Å². The van der Waals surface area contributed by atoms with E-state index in [1.54, 1.807) is 4.90 Å². The lowest BCUT2D eigenvalue weighted by atomic mass is 9.85. The number of ether oxygens (including phenoxy) is 1. The Bertz CT molecular complexity index is 1160. The number of amides is 1. The summed E-state index contributed by atoms with van der Waals surface area (Å²) in [6.07, 6.45) is 2.33. The van der Waals surface area contributed by atoms with Gasteiger partial charge in [0, 0.05) is 37.6 Å². The number of rotatable bonds is 7. The number of hydrogen-bond acceptors (Lipinski definition) is 5. The van der Waals surface area contributed by atoms with E-state index >= 15 is 0 Å². The largest absolute Gasteiger partial charge is 0.389 e. The monoisotopic (exact) mass is 574 g/mol. The maximum atomic E-state index is 13.2. The fourth-order valence-electron chi connectivity index (χ4n) is 4.77. The maximum absolute atomic E-state index is 13.2. The minimum atomic E-state index is -3.96. The number of piperidine rings is 2. The highest BCUT2D eigenvalue weighted by Gasteiger charge is 2.36. The summed E-state index contributed by atoms with van der Waals surface area (Å²) < 4.78 is 33.6. The van der Waals surface area contributed by atoms with Gasteiger partial charge in [0.25, 0.3) is 0 Å². The van der Waals surface area contributed by atoms with E-state index in [1.165, 1.54) is 16.4 Å². The molecule has 7 nitrogen and oxygen atoms in total. The second-order valence-corrected chi connectivity index (χ2v) is 12.5. The Morgan fingerprint density at radius 1 is 1.06 bits per heavy atom. The second kappa shape index (κ2) is 11.6. The third-order valence-corrected chi connectivity index (χ3v) is 9.77. The van der Waals surface area contributed by atoms with Gasteiger partial charge in [-0.3, -0.25) is 4.79 Å². The van der Waals surface area contributed by atoms with Crippen molar-refractivity contribution < 1.29 is 23.1 Å². The summed E-state index contributed by atoms with van der Waals surface area (Å²) in [6.45, 7) is 1.16. The number of sulfonamides is 1. The van der Waals surface area contributed by atoms with E-state index in [1.807, 2.05) is 30.3 Å². The van der Waals surface area contributed by atoms with E-state index in [-0.39, 0.29) is 39.0 Å². The summed E-state index contributed by atoms with van der Waals surface area (Å²) in [4.78, 5) is 14.3. The van der Waals surface area contributed by atoms with Crippen LogP contribution in [-0.4, -0.2) is 73.1 Å². The molecule has 0 aliphatic carbocycles. The van der Waals surface area contributed by atoms with Crippen LogP contribution in [0.4, 0.5) is 0 Å². The van der Waals surface area contributed by atoms with Crippen LogP contribution in [0.1, 0.15) is 31.2 Å². The molecular formula is C25H29Cl3N2O5S. The molecule has 1 unspecified atom stereocenters. The Hall–Kier alpha value is -1.39. The van der Waals surface area contributed by atoms with E-state index in [2.05, 4.69) is 0 Å². The van der Waals surface area contributed by atoms with Crippen LogP contribution in [-0.2, 0) is 26.0 Å². The summed E-state index contributed by atoms with van der Waals surface area (Å²) in [5.74, 6) is -0.166. The van der Waals surface area contributed by atoms with Gasteiger partial charge in [-0.2, -0.15) is 4.31 Å². The smallest absolute Gasteiger partial charge is 0.248 e. The summed E-state index contributed by atoms with van der Waals surface area (Å²) in [5.41, 5.74) is 0.239. The van der Waals surface area contributed by atoms with Crippen molar-refractivity contribution in [3.63, 3.8) is 0 Å². The van der Waals surface area contributed by atoms with Gasteiger partial charge >= 0.3 is 0 Å². The molecule has 2 heterocycles. The van der Waals surface area contributed by atoms with Crippen molar-refractivity contribution >= 4 is 50.7 Å². The molecule has 0 bridgehead atoms. The molecule has 2 fully saturated rings. The molecule has 11 heteroatoms. The van der Waals surface area contributed by atoms with Crippen molar-refractivity contribution in [1.82, 2.24) is 9.21 Å². The van der Waals surface area contributed by atoms with Crippen LogP contribution in [0.25, 0.3) is 0 Å². The Balaban J connectivity index is 1.30. The molecule has 196 valence electrons. The van der Waals surface area contributed by atoms with E-state index in [4.69, 9.17) is 39.5 Å². The number of halogens is 3. The first-order chi connectivity index (χ1) is 17.1. The Morgan fingerprint density at radius 2 is 1.69 bits per heavy atom. The number of aliphatic hydroxyl groups is 1. The van der Waals surface area contributed by atoms with Gasteiger partial charge in [0.05, 0.1) is 21.8 Å². The normalized spacial score (nSPS) is 20.9. The number of carbonyl (C=O) groups is 1. The van der Waals surface area contributed by atoms with Gasteiger partial charge in [0.2, 0.25) is 15.9 Å². The molecule has 0 saturated carbocycles. The van der Waals surface area contributed by atoms with E-state index in [0.717, 1.165) is 5.56 Å². The van der Waals surface area contributed by atoms with E-state index < -0.39 is 21.7 Å². The average Bonchev–Trinajstić information content (AvgIpc) is 2.83. The second-order valence-electron chi connectivity index (χ2n) is 9.40. The topological polar surface area (TPSA) is 87.2 Å². The lowest BCUT2D eigenvalue weighted by molar-refractivity contribution is -0.143. The standard InChI is InChI=1S/C25H29Cl3N2O5S/c26-19-13-21(27)24(22(28)14-19)36(33,34)30-10-4-7-20(16-30)35-17-23(31)29-11-8-25(32,9-12-29)15-18-5-2-1-3-6-18/h1-3,5-6,13-14,20,32H,4,7-12,15-17H2. The van der Waals surface area contributed by atoms with Crippen LogP contribution in [0.5, 0.6) is 0 Å². The Labute approximate surface area is 226 Å². The zero-order valence-corrected chi connectivity index (χ0v) is 22.8. The van der Waals surface area contributed by atoms with Crippen molar-refractivity contribution in [3.05, 3.63) is 63.1 Å². The number of hydrogen-bond donors (Lipinski definition) is 1. The highest BCUT2D eigenvalue weighted by molar-refractivity contribution is 7.89. The summed E-state index contributed by atoms with van der Waals surface area (Å²) in [7, 11) is -3.96. The lowest BCUT2D eigenvalue weighted by Gasteiger charge is -2.38. The fourth-order valence-corrected chi connectivity index (χ4v) is 7.77. The molecule has 4 rings (SSSR count). The first-order valence-corrected chi connectivity index (χ1v) is 14.5. The van der Waals surface area contributed by atoms with Gasteiger partial charge < -0.3 is 14.7 Å². The molecule has 1 atom stereocenters. The molecule has 36 heavy (non-hydrogen) atoms. The van der Waals surface area contributed by atoms with Gasteiger partial charge in [-0.25, -0.2) is 8.42 Å². The molecule has 1 amide bonds. The quantitative estimate of drug-likeness (QED) is 0.528. The number of benzene rings is 2. The van der Waals surface area contributed by atoms with E-state index in [0.29, 0.717) is 51.7 Å². The molecule has 0 aromatic heterocycles. The van der Waals surface area contributed by atoms with Gasteiger partial charge in [-0.15, -0.1) is 0 Å². The highest BCUT2D eigenvalue weighted by Crippen LogP contribution is 2.35. The van der Waals surface area contributed by atoms with Gasteiger partial charge in [0.15, 0.2) is 0 Å². The van der Waals surface area contributed by atoms with Crippen molar-refractivity contribution in [2.45, 2.75) is 48.7 Å². The molecule has 0 spiro atoms. The number of carbonyl (C=O) groups excluding carboxylic acids is 1. The van der Waals surface area contributed by atoms with Crippen molar-refractivity contribution in [2.75, 3.05) is 32.8 Å². The minimum absolute atomic E-state index is 0.0389. The lowest BCUT2D eigenvalue weighted by Crippen LogP contribution is -2.49. The SMILES string of the molecule is O=C(COC1CCCN(S(=O)(=O)c2c(Cl)cc(Cl)cc2Cl)C1)N1CCC(O)(Cc2ccccc2)CC1.